The number of amides is 3. The largest absolute Gasteiger partial charge is 0.345 e. The number of anilines is 2. The van der Waals surface area contributed by atoms with Gasteiger partial charge in [0, 0.05) is 19.4 Å². The molecule has 3 amide bonds. The van der Waals surface area contributed by atoms with Gasteiger partial charge in [-0.2, -0.15) is 0 Å². The van der Waals surface area contributed by atoms with Crippen molar-refractivity contribution in [3.63, 3.8) is 0 Å². The Balaban J connectivity index is 1.62. The second-order valence-corrected chi connectivity index (χ2v) is 10.0. The van der Waals surface area contributed by atoms with Crippen LogP contribution < -0.4 is 20.4 Å². The van der Waals surface area contributed by atoms with Crippen LogP contribution in [0.5, 0.6) is 0 Å². The molecule has 3 aromatic rings. The summed E-state index contributed by atoms with van der Waals surface area (Å²) in [7, 11) is 0. The van der Waals surface area contributed by atoms with Gasteiger partial charge in [0.05, 0.1) is 24.0 Å². The van der Waals surface area contributed by atoms with Crippen molar-refractivity contribution >= 4 is 41.2 Å². The van der Waals surface area contributed by atoms with Gasteiger partial charge in [-0.1, -0.05) is 72.8 Å². The van der Waals surface area contributed by atoms with Gasteiger partial charge in [0.2, 0.25) is 17.7 Å². The summed E-state index contributed by atoms with van der Waals surface area (Å²) >= 11 is 0. The quantitative estimate of drug-likeness (QED) is 0.333. The Labute approximate surface area is 239 Å². The van der Waals surface area contributed by atoms with Crippen LogP contribution in [0.1, 0.15) is 30.9 Å². The van der Waals surface area contributed by atoms with Crippen molar-refractivity contribution in [3.05, 3.63) is 96.1 Å². The number of hydrogen-bond acceptors (Lipinski definition) is 6. The third-order valence-electron chi connectivity index (χ3n) is 6.88. The Hall–Kier alpha value is -4.63. The van der Waals surface area contributed by atoms with Crippen molar-refractivity contribution < 1.29 is 24.0 Å². The van der Waals surface area contributed by atoms with E-state index in [2.05, 4.69) is 10.6 Å². The average molecular weight is 555 g/mol. The van der Waals surface area contributed by atoms with E-state index in [-0.39, 0.29) is 43.5 Å². The number of hydrogen-bond donors (Lipinski definition) is 2. The maximum atomic E-state index is 14.0. The van der Waals surface area contributed by atoms with Crippen molar-refractivity contribution in [2.24, 2.45) is 0 Å². The van der Waals surface area contributed by atoms with Gasteiger partial charge in [0.25, 0.3) is 0 Å². The molecule has 1 heterocycles. The fourth-order valence-electron chi connectivity index (χ4n) is 4.84. The standard InChI is InChI=1S/C32H34N4O5/c1-23(38)18-26(22-37)34-30(39)21-36-29-15-9-8-14-28(29)35(31(40)17-16-24-10-4-2-5-11-24)20-27(32(36)41)33-19-25-12-6-3-7-13-25/h2-15,22,26-27,33H,16-21H2,1H3,(H,34,39)/t26?,27-/m0/s1. The monoisotopic (exact) mass is 554 g/mol. The van der Waals surface area contributed by atoms with E-state index in [9.17, 15) is 24.0 Å². The van der Waals surface area contributed by atoms with E-state index in [1.807, 2.05) is 60.7 Å². The first-order valence-corrected chi connectivity index (χ1v) is 13.6. The lowest BCUT2D eigenvalue weighted by Gasteiger charge is -2.25. The van der Waals surface area contributed by atoms with Crippen LogP contribution in [0.4, 0.5) is 11.4 Å². The van der Waals surface area contributed by atoms with Crippen LogP contribution in [0.3, 0.4) is 0 Å². The third kappa shape index (κ3) is 7.95. The predicted molar refractivity (Wildman–Crippen MR) is 156 cm³/mol. The summed E-state index contributed by atoms with van der Waals surface area (Å²) in [6.45, 7) is 1.42. The predicted octanol–water partition coefficient (Wildman–Crippen LogP) is 2.82. The van der Waals surface area contributed by atoms with E-state index in [4.69, 9.17) is 0 Å². The third-order valence-corrected chi connectivity index (χ3v) is 6.88. The van der Waals surface area contributed by atoms with Crippen molar-refractivity contribution in [2.45, 2.75) is 44.8 Å². The first-order chi connectivity index (χ1) is 19.9. The van der Waals surface area contributed by atoms with Crippen molar-refractivity contribution in [2.75, 3.05) is 22.9 Å². The molecule has 9 heteroatoms. The summed E-state index contributed by atoms with van der Waals surface area (Å²) in [5.74, 6) is -1.35. The van der Waals surface area contributed by atoms with Crippen LogP contribution in [-0.2, 0) is 36.9 Å². The molecule has 9 nitrogen and oxygen atoms in total. The van der Waals surface area contributed by atoms with Crippen LogP contribution in [0.15, 0.2) is 84.9 Å². The fourth-order valence-corrected chi connectivity index (χ4v) is 4.84. The lowest BCUT2D eigenvalue weighted by Crippen LogP contribution is -2.53. The molecule has 212 valence electrons. The van der Waals surface area contributed by atoms with Gasteiger partial charge in [-0.3, -0.25) is 24.1 Å². The van der Waals surface area contributed by atoms with E-state index in [0.717, 1.165) is 11.1 Å². The van der Waals surface area contributed by atoms with E-state index in [1.54, 1.807) is 29.2 Å². The van der Waals surface area contributed by atoms with Gasteiger partial charge < -0.3 is 20.3 Å². The summed E-state index contributed by atoms with van der Waals surface area (Å²) in [6, 6.07) is 24.5. The second kappa shape index (κ2) is 14.1. The van der Waals surface area contributed by atoms with E-state index in [0.29, 0.717) is 30.6 Å². The number of aldehydes is 1. The zero-order chi connectivity index (χ0) is 29.2. The SMILES string of the molecule is CC(=O)CC(C=O)NC(=O)CN1C(=O)[C@@H](NCc2ccccc2)CN(C(=O)CCc2ccccc2)c2ccccc21. The van der Waals surface area contributed by atoms with Crippen molar-refractivity contribution in [3.8, 4) is 0 Å². The minimum atomic E-state index is -0.986. The Morgan fingerprint density at radius 1 is 0.902 bits per heavy atom. The van der Waals surface area contributed by atoms with Gasteiger partial charge in [-0.15, -0.1) is 0 Å². The lowest BCUT2D eigenvalue weighted by atomic mass is 10.1. The highest BCUT2D eigenvalue weighted by Gasteiger charge is 2.36. The average Bonchev–Trinajstić information content (AvgIpc) is 3.10. The molecule has 1 aliphatic heterocycles. The number of nitrogens with one attached hydrogen (secondary N) is 2. The van der Waals surface area contributed by atoms with Gasteiger partial charge >= 0.3 is 0 Å². The van der Waals surface area contributed by atoms with Crippen LogP contribution >= 0.6 is 0 Å². The van der Waals surface area contributed by atoms with Gasteiger partial charge in [0.1, 0.15) is 24.7 Å². The van der Waals surface area contributed by atoms with Gasteiger partial charge in [-0.05, 0) is 36.6 Å². The van der Waals surface area contributed by atoms with Crippen molar-refractivity contribution in [1.29, 1.82) is 0 Å². The molecule has 0 saturated heterocycles. The molecular formula is C32H34N4O5. The van der Waals surface area contributed by atoms with E-state index >= 15 is 0 Å². The summed E-state index contributed by atoms with van der Waals surface area (Å²) in [5.41, 5.74) is 2.93. The van der Waals surface area contributed by atoms with Gasteiger partial charge in [0.15, 0.2) is 0 Å². The summed E-state index contributed by atoms with van der Waals surface area (Å²) < 4.78 is 0. The normalized spacial score (nSPS) is 15.4. The minimum Gasteiger partial charge on any atom is -0.345 e. The molecule has 3 aromatic carbocycles. The first kappa shape index (κ1) is 29.4. The van der Waals surface area contributed by atoms with E-state index < -0.39 is 18.0 Å². The molecule has 0 fully saturated rings. The zero-order valence-corrected chi connectivity index (χ0v) is 23.0. The Morgan fingerprint density at radius 2 is 1.51 bits per heavy atom. The van der Waals surface area contributed by atoms with Crippen LogP contribution in [0, 0.1) is 0 Å². The molecule has 0 spiro atoms. The molecule has 0 aromatic heterocycles. The highest BCUT2D eigenvalue weighted by molar-refractivity contribution is 6.09. The lowest BCUT2D eigenvalue weighted by molar-refractivity contribution is -0.127. The smallest absolute Gasteiger partial charge is 0.246 e. The summed E-state index contributed by atoms with van der Waals surface area (Å²) in [6.07, 6.45) is 1.16. The molecule has 41 heavy (non-hydrogen) atoms. The molecule has 2 atom stereocenters. The molecule has 1 aliphatic rings. The summed E-state index contributed by atoms with van der Waals surface area (Å²) in [5, 5.41) is 5.82. The molecule has 0 aliphatic carbocycles. The first-order valence-electron chi connectivity index (χ1n) is 13.6. The number of carbonyl (C=O) groups is 5. The Morgan fingerprint density at radius 3 is 2.15 bits per heavy atom. The van der Waals surface area contributed by atoms with E-state index in [1.165, 1.54) is 11.8 Å². The number of para-hydroxylation sites is 2. The molecule has 0 radical (unpaired) electrons. The Kier molecular flexibility index (Phi) is 10.1. The molecule has 4 rings (SSSR count). The summed E-state index contributed by atoms with van der Waals surface area (Å²) in [4.78, 5) is 66.5. The minimum absolute atomic E-state index is 0.0791. The second-order valence-electron chi connectivity index (χ2n) is 10.0. The molecule has 1 unspecified atom stereocenters. The molecule has 0 saturated carbocycles. The molecule has 0 bridgehead atoms. The number of benzene rings is 3. The van der Waals surface area contributed by atoms with Crippen molar-refractivity contribution in [1.82, 2.24) is 10.6 Å². The van der Waals surface area contributed by atoms with Crippen LogP contribution in [0.2, 0.25) is 0 Å². The van der Waals surface area contributed by atoms with Gasteiger partial charge in [-0.25, -0.2) is 0 Å². The number of aryl methyl sites for hydroxylation is 1. The number of carbonyl (C=O) groups excluding carboxylic acids is 5. The number of nitrogens with zero attached hydrogens (tertiary/aromatic N) is 2. The van der Waals surface area contributed by atoms with Crippen LogP contribution in [0.25, 0.3) is 0 Å². The maximum Gasteiger partial charge on any atom is 0.246 e. The number of rotatable bonds is 12. The number of ketones is 1. The maximum absolute atomic E-state index is 14.0. The molecule has 2 N–H and O–H groups in total. The molecular weight excluding hydrogens is 520 g/mol. The Bertz CT molecular complexity index is 1380. The zero-order valence-electron chi connectivity index (χ0n) is 23.0. The number of fused-ring (bicyclic) bond motifs is 1. The highest BCUT2D eigenvalue weighted by atomic mass is 16.2. The highest BCUT2D eigenvalue weighted by Crippen LogP contribution is 2.33. The van der Waals surface area contributed by atoms with Crippen LogP contribution in [-0.4, -0.2) is 55.0 Å². The topological polar surface area (TPSA) is 116 Å². The fraction of sp³-hybridized carbons (Fsp3) is 0.281. The number of Topliss-reactive ketones (excluding diaryl/α,β-unsaturated/α-hetero) is 1.